The summed E-state index contributed by atoms with van der Waals surface area (Å²) < 4.78 is 28.0. The van der Waals surface area contributed by atoms with E-state index in [1.807, 2.05) is 0 Å². The first kappa shape index (κ1) is 9.52. The summed E-state index contributed by atoms with van der Waals surface area (Å²) in [5.41, 5.74) is 0.999. The van der Waals surface area contributed by atoms with E-state index in [2.05, 4.69) is 0 Å². The van der Waals surface area contributed by atoms with E-state index in [9.17, 15) is 8.42 Å². The normalized spacial score (nSPS) is 15.8. The molecule has 1 aromatic rings. The van der Waals surface area contributed by atoms with Crippen LogP contribution in [0.4, 0.5) is 0 Å². The minimum Gasteiger partial charge on any atom is -0.493 e. The predicted molar refractivity (Wildman–Crippen MR) is 53.4 cm³/mol. The van der Waals surface area contributed by atoms with Gasteiger partial charge in [0, 0.05) is 6.26 Å². The first-order valence-corrected chi connectivity index (χ1v) is 6.42. The van der Waals surface area contributed by atoms with Gasteiger partial charge in [-0.1, -0.05) is 0 Å². The lowest BCUT2D eigenvalue weighted by Crippen LogP contribution is -2.09. The van der Waals surface area contributed by atoms with Crippen molar-refractivity contribution in [2.45, 2.75) is 17.7 Å². The molecule has 0 aliphatic carbocycles. The van der Waals surface area contributed by atoms with Gasteiger partial charge < -0.3 is 4.74 Å². The van der Waals surface area contributed by atoms with E-state index >= 15 is 0 Å². The quantitative estimate of drug-likeness (QED) is 0.707. The number of sulfone groups is 1. The molecule has 0 saturated carbocycles. The summed E-state index contributed by atoms with van der Waals surface area (Å²) in [5.74, 6) is 0.823. The van der Waals surface area contributed by atoms with Gasteiger partial charge in [-0.05, 0) is 36.6 Å². The molecule has 1 aromatic carbocycles. The third-order valence-electron chi connectivity index (χ3n) is 2.31. The zero-order valence-corrected chi connectivity index (χ0v) is 8.80. The third kappa shape index (κ3) is 1.75. The molecule has 0 amide bonds. The highest BCUT2D eigenvalue weighted by Crippen LogP contribution is 2.26. The Balaban J connectivity index is 2.49. The maximum atomic E-state index is 11.3. The summed E-state index contributed by atoms with van der Waals surface area (Å²) in [7, 11) is -3.09. The Labute approximate surface area is 83.6 Å². The second-order valence-electron chi connectivity index (χ2n) is 3.49. The molecule has 0 bridgehead atoms. The van der Waals surface area contributed by atoms with Crippen molar-refractivity contribution in [3.63, 3.8) is 0 Å². The van der Waals surface area contributed by atoms with Gasteiger partial charge in [-0.2, -0.15) is 0 Å². The molecule has 0 radical (unpaired) electrons. The average molecular weight is 212 g/mol. The summed E-state index contributed by atoms with van der Waals surface area (Å²) in [6, 6.07) is 5.05. The van der Waals surface area contributed by atoms with Crippen molar-refractivity contribution in [3.05, 3.63) is 23.8 Å². The highest BCUT2D eigenvalue weighted by atomic mass is 32.2. The maximum Gasteiger partial charge on any atom is 0.175 e. The van der Waals surface area contributed by atoms with Crippen molar-refractivity contribution >= 4 is 9.84 Å². The van der Waals surface area contributed by atoms with Gasteiger partial charge in [0.25, 0.3) is 0 Å². The Hall–Kier alpha value is -1.03. The number of aryl methyl sites for hydroxylation is 1. The molecule has 4 heteroatoms. The van der Waals surface area contributed by atoms with E-state index in [0.717, 1.165) is 30.8 Å². The van der Waals surface area contributed by atoms with Gasteiger partial charge in [0.1, 0.15) is 5.75 Å². The van der Waals surface area contributed by atoms with Crippen LogP contribution >= 0.6 is 0 Å². The van der Waals surface area contributed by atoms with Gasteiger partial charge in [0.05, 0.1) is 11.5 Å². The minimum atomic E-state index is -3.09. The van der Waals surface area contributed by atoms with E-state index in [1.54, 1.807) is 18.2 Å². The molecule has 3 nitrogen and oxygen atoms in total. The van der Waals surface area contributed by atoms with E-state index in [0.29, 0.717) is 4.90 Å². The Morgan fingerprint density at radius 2 is 2.14 bits per heavy atom. The first-order valence-electron chi connectivity index (χ1n) is 4.53. The lowest BCUT2D eigenvalue weighted by Gasteiger charge is -2.17. The van der Waals surface area contributed by atoms with Crippen LogP contribution in [-0.2, 0) is 16.3 Å². The second-order valence-corrected chi connectivity index (χ2v) is 5.51. The lowest BCUT2D eigenvalue weighted by atomic mass is 10.1. The van der Waals surface area contributed by atoms with Crippen molar-refractivity contribution in [1.82, 2.24) is 0 Å². The van der Waals surface area contributed by atoms with Crippen molar-refractivity contribution in [2.24, 2.45) is 0 Å². The molecule has 2 rings (SSSR count). The van der Waals surface area contributed by atoms with Crippen LogP contribution in [0.3, 0.4) is 0 Å². The summed E-state index contributed by atoms with van der Waals surface area (Å²) in [6.45, 7) is 0.727. The van der Waals surface area contributed by atoms with Crippen LogP contribution in [0.25, 0.3) is 0 Å². The largest absolute Gasteiger partial charge is 0.493 e. The maximum absolute atomic E-state index is 11.3. The van der Waals surface area contributed by atoms with Gasteiger partial charge in [-0.3, -0.25) is 0 Å². The van der Waals surface area contributed by atoms with E-state index in [-0.39, 0.29) is 0 Å². The Kier molecular flexibility index (Phi) is 2.23. The van der Waals surface area contributed by atoms with Crippen LogP contribution in [0.1, 0.15) is 12.0 Å². The summed E-state index contributed by atoms with van der Waals surface area (Å²) >= 11 is 0. The molecule has 0 saturated heterocycles. The number of rotatable bonds is 1. The van der Waals surface area contributed by atoms with Crippen LogP contribution in [-0.4, -0.2) is 21.3 Å². The topological polar surface area (TPSA) is 43.4 Å². The van der Waals surface area contributed by atoms with Crippen molar-refractivity contribution in [3.8, 4) is 5.75 Å². The van der Waals surface area contributed by atoms with Crippen LogP contribution in [0.15, 0.2) is 23.1 Å². The SMILES string of the molecule is CS(=O)(=O)c1ccc2c(c1)CCCO2. The fraction of sp³-hybridized carbons (Fsp3) is 0.400. The molecule has 0 aromatic heterocycles. The number of hydrogen-bond acceptors (Lipinski definition) is 3. The smallest absolute Gasteiger partial charge is 0.175 e. The Bertz CT molecular complexity index is 448. The van der Waals surface area contributed by atoms with Crippen molar-refractivity contribution in [1.29, 1.82) is 0 Å². The Morgan fingerprint density at radius 1 is 1.36 bits per heavy atom. The van der Waals surface area contributed by atoms with Gasteiger partial charge >= 0.3 is 0 Å². The van der Waals surface area contributed by atoms with E-state index < -0.39 is 9.84 Å². The summed E-state index contributed by atoms with van der Waals surface area (Å²) in [6.07, 6.45) is 3.08. The third-order valence-corrected chi connectivity index (χ3v) is 3.42. The van der Waals surface area contributed by atoms with Crippen LogP contribution in [0, 0.1) is 0 Å². The molecule has 0 unspecified atom stereocenters. The predicted octanol–water partition coefficient (Wildman–Crippen LogP) is 1.42. The molecule has 0 fully saturated rings. The van der Waals surface area contributed by atoms with Crippen LogP contribution in [0.2, 0.25) is 0 Å². The molecule has 0 atom stereocenters. The van der Waals surface area contributed by atoms with Crippen molar-refractivity contribution < 1.29 is 13.2 Å². The molecule has 0 N–H and O–H groups in total. The fourth-order valence-electron chi connectivity index (χ4n) is 1.57. The van der Waals surface area contributed by atoms with E-state index in [1.165, 1.54) is 6.26 Å². The van der Waals surface area contributed by atoms with Gasteiger partial charge in [-0.15, -0.1) is 0 Å². The average Bonchev–Trinajstić information content (AvgIpc) is 2.16. The zero-order valence-electron chi connectivity index (χ0n) is 7.99. The number of ether oxygens (including phenoxy) is 1. The highest BCUT2D eigenvalue weighted by Gasteiger charge is 2.14. The van der Waals surface area contributed by atoms with Gasteiger partial charge in [0.15, 0.2) is 9.84 Å². The van der Waals surface area contributed by atoms with E-state index in [4.69, 9.17) is 4.74 Å². The number of hydrogen-bond donors (Lipinski definition) is 0. The molecule has 1 aliphatic rings. The standard InChI is InChI=1S/C10H12O3S/c1-14(11,12)9-4-5-10-8(7-9)3-2-6-13-10/h4-5,7H,2-3,6H2,1H3. The van der Waals surface area contributed by atoms with Gasteiger partial charge in [0.2, 0.25) is 0 Å². The molecular weight excluding hydrogens is 200 g/mol. The number of benzene rings is 1. The molecule has 76 valence electrons. The lowest BCUT2D eigenvalue weighted by molar-refractivity contribution is 0.288. The van der Waals surface area contributed by atoms with Crippen LogP contribution in [0.5, 0.6) is 5.75 Å². The Morgan fingerprint density at radius 3 is 2.86 bits per heavy atom. The molecular formula is C10H12O3S. The monoisotopic (exact) mass is 212 g/mol. The summed E-state index contributed by atoms with van der Waals surface area (Å²) in [5, 5.41) is 0. The highest BCUT2D eigenvalue weighted by molar-refractivity contribution is 7.90. The zero-order chi connectivity index (χ0) is 10.2. The van der Waals surface area contributed by atoms with Crippen LogP contribution < -0.4 is 4.74 Å². The number of fused-ring (bicyclic) bond motifs is 1. The first-order chi connectivity index (χ1) is 6.57. The van der Waals surface area contributed by atoms with Crippen molar-refractivity contribution in [2.75, 3.05) is 12.9 Å². The summed E-state index contributed by atoms with van der Waals surface area (Å²) in [4.78, 5) is 0.377. The minimum absolute atomic E-state index is 0.377. The second kappa shape index (κ2) is 3.28. The molecule has 1 aliphatic heterocycles. The molecule has 14 heavy (non-hydrogen) atoms. The molecule has 0 spiro atoms. The molecule has 1 heterocycles. The fourth-order valence-corrected chi connectivity index (χ4v) is 2.24. The van der Waals surface area contributed by atoms with Gasteiger partial charge in [-0.25, -0.2) is 8.42 Å².